The molecule has 1 aliphatic heterocycles. The van der Waals surface area contributed by atoms with E-state index in [4.69, 9.17) is 0 Å². The lowest BCUT2D eigenvalue weighted by Gasteiger charge is -1.97. The fourth-order valence-electron chi connectivity index (χ4n) is 1.00. The number of aromatic nitrogens is 4. The Morgan fingerprint density at radius 3 is 3.18 bits per heavy atom. The molecule has 1 N–H and O–H groups in total. The summed E-state index contributed by atoms with van der Waals surface area (Å²) in [5.74, 6) is 0.791. The van der Waals surface area contributed by atoms with Gasteiger partial charge in [-0.2, -0.15) is 0 Å². The van der Waals surface area contributed by atoms with Crippen LogP contribution in [0.2, 0.25) is 0 Å². The van der Waals surface area contributed by atoms with Crippen molar-refractivity contribution in [3.05, 3.63) is 11.9 Å². The Balaban J connectivity index is 2.19. The van der Waals surface area contributed by atoms with E-state index in [1.54, 1.807) is 0 Å². The molecule has 1 atom stereocenters. The number of allylic oxidation sites excluding steroid dienone is 1. The van der Waals surface area contributed by atoms with Gasteiger partial charge in [0.2, 0.25) is 0 Å². The van der Waals surface area contributed by atoms with Crippen LogP contribution in [0.15, 0.2) is 6.08 Å². The molecule has 1 aromatic heterocycles. The zero-order valence-corrected chi connectivity index (χ0v) is 6.93. The Labute approximate surface area is 68.5 Å². The highest BCUT2D eigenvalue weighted by molar-refractivity contribution is 8.09. The van der Waals surface area contributed by atoms with Crippen molar-refractivity contribution in [2.45, 2.75) is 18.6 Å². The average Bonchev–Trinajstić information content (AvgIpc) is 2.55. The third kappa shape index (κ3) is 1.28. The summed E-state index contributed by atoms with van der Waals surface area (Å²) in [5, 5.41) is 14.3. The van der Waals surface area contributed by atoms with Crippen LogP contribution in [-0.4, -0.2) is 25.9 Å². The predicted octanol–water partition coefficient (Wildman–Crippen LogP) is 1.07. The molecule has 0 aromatic carbocycles. The Morgan fingerprint density at radius 1 is 1.73 bits per heavy atom. The van der Waals surface area contributed by atoms with Crippen LogP contribution in [0.1, 0.15) is 19.2 Å². The van der Waals surface area contributed by atoms with Crippen molar-refractivity contribution in [1.82, 2.24) is 20.6 Å². The minimum Gasteiger partial charge on any atom is -0.238 e. The molecule has 2 rings (SSSR count). The highest BCUT2D eigenvalue weighted by atomic mass is 32.2. The van der Waals surface area contributed by atoms with E-state index in [9.17, 15) is 0 Å². The van der Waals surface area contributed by atoms with Gasteiger partial charge in [0.25, 0.3) is 0 Å². The molecule has 2 heterocycles. The summed E-state index contributed by atoms with van der Waals surface area (Å²) in [7, 11) is 0. The van der Waals surface area contributed by atoms with Crippen LogP contribution >= 0.6 is 11.8 Å². The molecule has 58 valence electrons. The molecular formula is C6H8N4S. The molecule has 4 nitrogen and oxygen atoms in total. The molecule has 0 amide bonds. The third-order valence-corrected chi connectivity index (χ3v) is 2.75. The van der Waals surface area contributed by atoms with Crippen LogP contribution in [0.3, 0.4) is 0 Å². The molecule has 0 fully saturated rings. The molecular weight excluding hydrogens is 160 g/mol. The molecule has 5 heteroatoms. The van der Waals surface area contributed by atoms with Crippen LogP contribution in [-0.2, 0) is 0 Å². The minimum atomic E-state index is 0.662. The summed E-state index contributed by atoms with van der Waals surface area (Å²) in [6.07, 6.45) is 3.28. The first-order valence-corrected chi connectivity index (χ1v) is 4.35. The second-order valence-electron chi connectivity index (χ2n) is 2.48. The quantitative estimate of drug-likeness (QED) is 0.681. The van der Waals surface area contributed by atoms with Gasteiger partial charge in [0, 0.05) is 10.2 Å². The van der Waals surface area contributed by atoms with Gasteiger partial charge in [-0.1, -0.05) is 13.0 Å². The first-order valence-electron chi connectivity index (χ1n) is 3.47. The molecule has 1 aliphatic rings. The van der Waals surface area contributed by atoms with Gasteiger partial charge >= 0.3 is 0 Å². The molecule has 0 spiro atoms. The van der Waals surface area contributed by atoms with Gasteiger partial charge in [0.15, 0.2) is 5.82 Å². The highest BCUT2D eigenvalue weighted by Crippen LogP contribution is 2.36. The van der Waals surface area contributed by atoms with E-state index in [1.165, 1.54) is 4.91 Å². The topological polar surface area (TPSA) is 54.5 Å². The monoisotopic (exact) mass is 168 g/mol. The second-order valence-corrected chi connectivity index (χ2v) is 3.96. The number of H-pyrrole nitrogens is 1. The van der Waals surface area contributed by atoms with E-state index in [0.717, 1.165) is 12.2 Å². The smallest absolute Gasteiger partial charge is 0.185 e. The first kappa shape index (κ1) is 6.84. The number of aromatic amines is 1. The lowest BCUT2D eigenvalue weighted by molar-refractivity contribution is 0.881. The van der Waals surface area contributed by atoms with E-state index >= 15 is 0 Å². The number of nitrogens with one attached hydrogen (secondary N) is 1. The molecule has 0 aliphatic carbocycles. The van der Waals surface area contributed by atoms with Gasteiger partial charge in [-0.3, -0.25) is 0 Å². The number of hydrogen-bond donors (Lipinski definition) is 1. The molecule has 0 saturated heterocycles. The maximum atomic E-state index is 3.83. The van der Waals surface area contributed by atoms with Crippen molar-refractivity contribution in [1.29, 1.82) is 0 Å². The minimum absolute atomic E-state index is 0.662. The zero-order valence-electron chi connectivity index (χ0n) is 6.11. The van der Waals surface area contributed by atoms with E-state index in [1.807, 2.05) is 11.8 Å². The highest BCUT2D eigenvalue weighted by Gasteiger charge is 2.16. The Hall–Kier alpha value is -0.840. The fourth-order valence-corrected chi connectivity index (χ4v) is 2.02. The van der Waals surface area contributed by atoms with E-state index in [-0.39, 0.29) is 0 Å². The number of thioether (sulfide) groups is 1. The SMILES string of the molecule is CC1CC=C(c2nnn[nH]2)S1. The standard InChI is InChI=1S/C6H8N4S/c1-4-2-3-5(11-4)6-7-9-10-8-6/h3-4H,2H2,1H3,(H,7,8,9,10). The maximum Gasteiger partial charge on any atom is 0.185 e. The summed E-state index contributed by atoms with van der Waals surface area (Å²) in [6.45, 7) is 2.19. The predicted molar refractivity (Wildman–Crippen MR) is 43.8 cm³/mol. The number of rotatable bonds is 1. The Bertz CT molecular complexity index is 266. The van der Waals surface area contributed by atoms with Crippen molar-refractivity contribution in [3.8, 4) is 0 Å². The molecule has 0 saturated carbocycles. The van der Waals surface area contributed by atoms with Gasteiger partial charge in [-0.15, -0.1) is 16.9 Å². The normalized spacial score (nSPS) is 23.7. The van der Waals surface area contributed by atoms with Crippen LogP contribution in [0.25, 0.3) is 4.91 Å². The zero-order chi connectivity index (χ0) is 7.68. The first-order chi connectivity index (χ1) is 5.36. The fraction of sp³-hybridized carbons (Fsp3) is 0.500. The lowest BCUT2D eigenvalue weighted by atomic mass is 10.3. The maximum absolute atomic E-state index is 3.83. The molecule has 11 heavy (non-hydrogen) atoms. The summed E-state index contributed by atoms with van der Waals surface area (Å²) in [6, 6.07) is 0. The van der Waals surface area contributed by atoms with Gasteiger partial charge < -0.3 is 0 Å². The van der Waals surface area contributed by atoms with E-state index in [0.29, 0.717) is 5.25 Å². The lowest BCUT2D eigenvalue weighted by Crippen LogP contribution is -1.86. The summed E-state index contributed by atoms with van der Waals surface area (Å²) in [4.78, 5) is 1.17. The molecule has 1 aromatic rings. The molecule has 1 unspecified atom stereocenters. The van der Waals surface area contributed by atoms with Gasteiger partial charge in [-0.25, -0.2) is 5.10 Å². The van der Waals surface area contributed by atoms with Crippen LogP contribution in [0, 0.1) is 0 Å². The van der Waals surface area contributed by atoms with Crippen molar-refractivity contribution in [2.24, 2.45) is 0 Å². The Kier molecular flexibility index (Phi) is 1.65. The van der Waals surface area contributed by atoms with Gasteiger partial charge in [-0.05, 0) is 16.8 Å². The summed E-state index contributed by atoms with van der Waals surface area (Å²) < 4.78 is 0. The van der Waals surface area contributed by atoms with E-state index < -0.39 is 0 Å². The van der Waals surface area contributed by atoms with E-state index in [2.05, 4.69) is 33.6 Å². The molecule has 0 radical (unpaired) electrons. The average molecular weight is 168 g/mol. The van der Waals surface area contributed by atoms with Crippen LogP contribution in [0.4, 0.5) is 0 Å². The number of nitrogens with zero attached hydrogens (tertiary/aromatic N) is 3. The van der Waals surface area contributed by atoms with Crippen molar-refractivity contribution >= 4 is 16.7 Å². The largest absolute Gasteiger partial charge is 0.238 e. The second kappa shape index (κ2) is 2.65. The van der Waals surface area contributed by atoms with Crippen LogP contribution in [0.5, 0.6) is 0 Å². The van der Waals surface area contributed by atoms with Crippen molar-refractivity contribution in [3.63, 3.8) is 0 Å². The third-order valence-electron chi connectivity index (χ3n) is 1.54. The van der Waals surface area contributed by atoms with Gasteiger partial charge in [0.05, 0.1) is 0 Å². The number of hydrogen-bond acceptors (Lipinski definition) is 4. The molecule has 0 bridgehead atoms. The van der Waals surface area contributed by atoms with Crippen molar-refractivity contribution < 1.29 is 0 Å². The van der Waals surface area contributed by atoms with Crippen LogP contribution < -0.4 is 0 Å². The number of tetrazole rings is 1. The Morgan fingerprint density at radius 2 is 2.64 bits per heavy atom. The van der Waals surface area contributed by atoms with Gasteiger partial charge in [0.1, 0.15) is 0 Å². The summed E-state index contributed by atoms with van der Waals surface area (Å²) in [5.41, 5.74) is 0. The van der Waals surface area contributed by atoms with Crippen molar-refractivity contribution in [2.75, 3.05) is 0 Å². The summed E-state index contributed by atoms with van der Waals surface area (Å²) >= 11 is 1.81.